The first-order valence-corrected chi connectivity index (χ1v) is 5.79. The van der Waals surface area contributed by atoms with Gasteiger partial charge in [0.2, 0.25) is 0 Å². The molecule has 88 valence electrons. The SMILES string of the molecule is Cn1cccc1C(=O)N[C@@H]1CCCC[C@H]1O. The number of aliphatic hydroxyl groups excluding tert-OH is 1. The summed E-state index contributed by atoms with van der Waals surface area (Å²) in [6, 6.07) is 3.53. The maximum atomic E-state index is 11.9. The summed E-state index contributed by atoms with van der Waals surface area (Å²) in [7, 11) is 1.84. The maximum absolute atomic E-state index is 11.9. The van der Waals surface area contributed by atoms with Crippen LogP contribution in [0.15, 0.2) is 18.3 Å². The molecule has 0 saturated heterocycles. The fourth-order valence-corrected chi connectivity index (χ4v) is 2.22. The van der Waals surface area contributed by atoms with Gasteiger partial charge in [-0.1, -0.05) is 12.8 Å². The molecule has 1 amide bonds. The molecule has 1 aliphatic rings. The van der Waals surface area contributed by atoms with Gasteiger partial charge in [-0.05, 0) is 25.0 Å². The minimum Gasteiger partial charge on any atom is -0.391 e. The zero-order valence-electron chi connectivity index (χ0n) is 9.52. The first kappa shape index (κ1) is 11.2. The molecule has 0 aromatic carbocycles. The summed E-state index contributed by atoms with van der Waals surface area (Å²) >= 11 is 0. The van der Waals surface area contributed by atoms with Gasteiger partial charge < -0.3 is 15.0 Å². The Morgan fingerprint density at radius 3 is 2.88 bits per heavy atom. The molecule has 2 N–H and O–H groups in total. The highest BCUT2D eigenvalue weighted by molar-refractivity contribution is 5.92. The van der Waals surface area contributed by atoms with E-state index in [0.29, 0.717) is 5.69 Å². The Morgan fingerprint density at radius 2 is 2.25 bits per heavy atom. The van der Waals surface area contributed by atoms with Gasteiger partial charge in [-0.25, -0.2) is 0 Å². The van der Waals surface area contributed by atoms with Crippen LogP contribution in [0.4, 0.5) is 0 Å². The van der Waals surface area contributed by atoms with Gasteiger partial charge in [0.15, 0.2) is 0 Å². The second kappa shape index (κ2) is 4.70. The van der Waals surface area contributed by atoms with Crippen LogP contribution in [0.5, 0.6) is 0 Å². The highest BCUT2D eigenvalue weighted by atomic mass is 16.3. The summed E-state index contributed by atoms with van der Waals surface area (Å²) in [5.41, 5.74) is 0.637. The first-order valence-electron chi connectivity index (χ1n) is 5.79. The third-order valence-corrected chi connectivity index (χ3v) is 3.22. The monoisotopic (exact) mass is 222 g/mol. The van der Waals surface area contributed by atoms with Gasteiger partial charge in [-0.15, -0.1) is 0 Å². The Morgan fingerprint density at radius 1 is 1.50 bits per heavy atom. The van der Waals surface area contributed by atoms with Gasteiger partial charge >= 0.3 is 0 Å². The molecule has 1 aromatic heterocycles. The zero-order valence-corrected chi connectivity index (χ0v) is 9.52. The number of nitrogens with zero attached hydrogens (tertiary/aromatic N) is 1. The fourth-order valence-electron chi connectivity index (χ4n) is 2.22. The van der Waals surface area contributed by atoms with Crippen LogP contribution in [0.3, 0.4) is 0 Å². The van der Waals surface area contributed by atoms with Crippen LogP contribution in [0.25, 0.3) is 0 Å². The van der Waals surface area contributed by atoms with E-state index in [0.717, 1.165) is 25.7 Å². The van der Waals surface area contributed by atoms with Gasteiger partial charge in [0.25, 0.3) is 5.91 Å². The van der Waals surface area contributed by atoms with Crippen molar-refractivity contribution in [3.05, 3.63) is 24.0 Å². The second-order valence-corrected chi connectivity index (χ2v) is 4.44. The number of carbonyl (C=O) groups is 1. The molecule has 2 rings (SSSR count). The largest absolute Gasteiger partial charge is 0.391 e. The molecule has 0 aliphatic heterocycles. The van der Waals surface area contributed by atoms with Crippen molar-refractivity contribution in [3.63, 3.8) is 0 Å². The van der Waals surface area contributed by atoms with Crippen LogP contribution in [0.2, 0.25) is 0 Å². The molecule has 0 bridgehead atoms. The topological polar surface area (TPSA) is 54.3 Å². The molecule has 16 heavy (non-hydrogen) atoms. The quantitative estimate of drug-likeness (QED) is 0.786. The number of aromatic nitrogens is 1. The molecular formula is C12H18N2O2. The summed E-state index contributed by atoms with van der Waals surface area (Å²) in [6.45, 7) is 0. The maximum Gasteiger partial charge on any atom is 0.268 e. The van der Waals surface area contributed by atoms with Gasteiger partial charge in [0, 0.05) is 13.2 Å². The molecule has 1 saturated carbocycles. The van der Waals surface area contributed by atoms with Crippen LogP contribution in [0, 0.1) is 0 Å². The number of hydrogen-bond acceptors (Lipinski definition) is 2. The molecule has 1 heterocycles. The molecule has 0 unspecified atom stereocenters. The van der Waals surface area contributed by atoms with Crippen molar-refractivity contribution in [2.45, 2.75) is 37.8 Å². The lowest BCUT2D eigenvalue weighted by molar-refractivity contribution is 0.0711. The lowest BCUT2D eigenvalue weighted by atomic mass is 9.92. The number of amides is 1. The average Bonchev–Trinajstić information content (AvgIpc) is 2.68. The van der Waals surface area contributed by atoms with E-state index < -0.39 is 6.10 Å². The molecule has 2 atom stereocenters. The van der Waals surface area contributed by atoms with E-state index in [1.165, 1.54) is 0 Å². The van der Waals surface area contributed by atoms with E-state index >= 15 is 0 Å². The van der Waals surface area contributed by atoms with E-state index in [1.807, 2.05) is 19.3 Å². The zero-order chi connectivity index (χ0) is 11.5. The molecule has 4 nitrogen and oxygen atoms in total. The highest BCUT2D eigenvalue weighted by Crippen LogP contribution is 2.18. The second-order valence-electron chi connectivity index (χ2n) is 4.44. The van der Waals surface area contributed by atoms with Crippen molar-refractivity contribution in [2.75, 3.05) is 0 Å². The Hall–Kier alpha value is -1.29. The van der Waals surface area contributed by atoms with Gasteiger partial charge in [-0.2, -0.15) is 0 Å². The van der Waals surface area contributed by atoms with Gasteiger partial charge in [-0.3, -0.25) is 4.79 Å². The van der Waals surface area contributed by atoms with Gasteiger partial charge in [0.1, 0.15) is 5.69 Å². The Balaban J connectivity index is 1.99. The summed E-state index contributed by atoms with van der Waals surface area (Å²) in [5.74, 6) is -0.0987. The van der Waals surface area contributed by atoms with Crippen molar-refractivity contribution in [2.24, 2.45) is 7.05 Å². The third-order valence-electron chi connectivity index (χ3n) is 3.22. The van der Waals surface area contributed by atoms with Crippen LogP contribution in [-0.4, -0.2) is 27.7 Å². The number of hydrogen-bond donors (Lipinski definition) is 2. The Labute approximate surface area is 95.3 Å². The van der Waals surface area contributed by atoms with Crippen molar-refractivity contribution in [1.82, 2.24) is 9.88 Å². The summed E-state index contributed by atoms with van der Waals surface area (Å²) in [6.07, 6.45) is 5.24. The lowest BCUT2D eigenvalue weighted by Gasteiger charge is -2.28. The lowest BCUT2D eigenvalue weighted by Crippen LogP contribution is -2.45. The van der Waals surface area contributed by atoms with Crippen molar-refractivity contribution >= 4 is 5.91 Å². The standard InChI is InChI=1S/C12H18N2O2/c1-14-8-4-6-10(14)12(16)13-9-5-2-3-7-11(9)15/h4,6,8-9,11,15H,2-3,5,7H2,1H3,(H,13,16)/t9-,11-/m1/s1. The predicted octanol–water partition coefficient (Wildman–Crippen LogP) is 1.06. The van der Waals surface area contributed by atoms with E-state index in [2.05, 4.69) is 5.32 Å². The number of aliphatic hydroxyl groups is 1. The summed E-state index contributed by atoms with van der Waals surface area (Å²) < 4.78 is 1.78. The molecule has 1 fully saturated rings. The molecule has 1 aromatic rings. The molecular weight excluding hydrogens is 204 g/mol. The van der Waals surface area contributed by atoms with E-state index in [-0.39, 0.29) is 11.9 Å². The number of rotatable bonds is 2. The third kappa shape index (κ3) is 2.27. The van der Waals surface area contributed by atoms with E-state index in [9.17, 15) is 9.90 Å². The molecule has 1 aliphatic carbocycles. The Kier molecular flexibility index (Phi) is 3.29. The minimum absolute atomic E-state index is 0.0869. The number of aryl methyl sites for hydroxylation is 1. The van der Waals surface area contributed by atoms with Crippen molar-refractivity contribution in [1.29, 1.82) is 0 Å². The summed E-state index contributed by atoms with van der Waals surface area (Å²) in [5, 5.41) is 12.7. The van der Waals surface area contributed by atoms with Crippen molar-refractivity contribution < 1.29 is 9.90 Å². The van der Waals surface area contributed by atoms with Crippen LogP contribution in [-0.2, 0) is 7.05 Å². The number of carbonyl (C=O) groups excluding carboxylic acids is 1. The average molecular weight is 222 g/mol. The van der Waals surface area contributed by atoms with Crippen LogP contribution >= 0.6 is 0 Å². The molecule has 4 heteroatoms. The fraction of sp³-hybridized carbons (Fsp3) is 0.583. The smallest absolute Gasteiger partial charge is 0.268 e. The van der Waals surface area contributed by atoms with Gasteiger partial charge in [0.05, 0.1) is 12.1 Å². The van der Waals surface area contributed by atoms with Crippen LogP contribution in [0.1, 0.15) is 36.2 Å². The summed E-state index contributed by atoms with van der Waals surface area (Å²) in [4.78, 5) is 11.9. The van der Waals surface area contributed by atoms with Crippen molar-refractivity contribution in [3.8, 4) is 0 Å². The highest BCUT2D eigenvalue weighted by Gasteiger charge is 2.25. The Bertz CT molecular complexity index is 373. The molecule has 0 spiro atoms. The normalized spacial score (nSPS) is 25.4. The predicted molar refractivity (Wildman–Crippen MR) is 61.1 cm³/mol. The van der Waals surface area contributed by atoms with Crippen LogP contribution < -0.4 is 5.32 Å². The molecule has 0 radical (unpaired) electrons. The first-order chi connectivity index (χ1) is 7.68. The minimum atomic E-state index is -0.391. The van der Waals surface area contributed by atoms with E-state index in [4.69, 9.17) is 0 Å². The number of nitrogens with one attached hydrogen (secondary N) is 1. The van der Waals surface area contributed by atoms with E-state index in [1.54, 1.807) is 10.6 Å².